The van der Waals surface area contributed by atoms with Gasteiger partial charge in [0.05, 0.1) is 18.9 Å². The van der Waals surface area contributed by atoms with E-state index >= 15 is 0 Å². The van der Waals surface area contributed by atoms with Crippen LogP contribution in [0.4, 0.5) is 13.2 Å². The lowest BCUT2D eigenvalue weighted by Gasteiger charge is -2.41. The fraction of sp³-hybridized carbons (Fsp3) is 0.818. The summed E-state index contributed by atoms with van der Waals surface area (Å²) in [4.78, 5) is 23.6. The Hall–Kier alpha value is -1.31. The van der Waals surface area contributed by atoms with E-state index in [4.69, 9.17) is 5.11 Å². The summed E-state index contributed by atoms with van der Waals surface area (Å²) >= 11 is 0. The van der Waals surface area contributed by atoms with E-state index in [1.165, 1.54) is 4.90 Å². The standard InChI is InChI=1S/C11H16F3NO4/c1-7(10(17)18)8-4-15(5-8)9(16)2-3-19-6-11(12,13)14/h7-8H,2-6H2,1H3,(H,17,18). The van der Waals surface area contributed by atoms with Gasteiger partial charge in [-0.2, -0.15) is 13.2 Å². The van der Waals surface area contributed by atoms with Crippen LogP contribution in [0.25, 0.3) is 0 Å². The summed E-state index contributed by atoms with van der Waals surface area (Å²) in [5.41, 5.74) is 0. The Morgan fingerprint density at radius 2 is 2.00 bits per heavy atom. The third-order valence-corrected chi connectivity index (χ3v) is 3.09. The molecule has 110 valence electrons. The normalized spacial score (nSPS) is 18.0. The molecular weight excluding hydrogens is 267 g/mol. The van der Waals surface area contributed by atoms with Crippen molar-refractivity contribution in [2.45, 2.75) is 19.5 Å². The number of nitrogens with zero attached hydrogens (tertiary/aromatic N) is 1. The summed E-state index contributed by atoms with van der Waals surface area (Å²) in [5, 5.41) is 8.76. The van der Waals surface area contributed by atoms with Crippen molar-refractivity contribution in [1.29, 1.82) is 0 Å². The zero-order valence-corrected chi connectivity index (χ0v) is 10.4. The first kappa shape index (κ1) is 15.7. The van der Waals surface area contributed by atoms with Crippen LogP contribution < -0.4 is 0 Å². The van der Waals surface area contributed by atoms with E-state index in [-0.39, 0.29) is 24.9 Å². The molecule has 0 bridgehead atoms. The first-order valence-corrected chi connectivity index (χ1v) is 5.86. The van der Waals surface area contributed by atoms with Gasteiger partial charge in [0.2, 0.25) is 5.91 Å². The quantitative estimate of drug-likeness (QED) is 0.742. The molecule has 19 heavy (non-hydrogen) atoms. The van der Waals surface area contributed by atoms with Gasteiger partial charge < -0.3 is 14.7 Å². The fourth-order valence-corrected chi connectivity index (χ4v) is 1.74. The van der Waals surface area contributed by atoms with E-state index in [9.17, 15) is 22.8 Å². The lowest BCUT2D eigenvalue weighted by atomic mass is 9.87. The molecule has 0 radical (unpaired) electrons. The molecule has 0 saturated carbocycles. The monoisotopic (exact) mass is 283 g/mol. The first-order valence-electron chi connectivity index (χ1n) is 5.86. The highest BCUT2D eigenvalue weighted by atomic mass is 19.4. The molecule has 0 aliphatic carbocycles. The summed E-state index contributed by atoms with van der Waals surface area (Å²) in [6.07, 6.45) is -4.51. The molecule has 1 amide bonds. The van der Waals surface area contributed by atoms with Crippen molar-refractivity contribution in [2.24, 2.45) is 11.8 Å². The van der Waals surface area contributed by atoms with Crippen LogP contribution in [-0.4, -0.2) is 54.4 Å². The highest BCUT2D eigenvalue weighted by Gasteiger charge is 2.36. The molecule has 1 aliphatic heterocycles. The third-order valence-electron chi connectivity index (χ3n) is 3.09. The molecule has 1 aliphatic rings. The number of aliphatic carboxylic acids is 1. The fourth-order valence-electron chi connectivity index (χ4n) is 1.74. The van der Waals surface area contributed by atoms with Crippen molar-refractivity contribution in [3.8, 4) is 0 Å². The van der Waals surface area contributed by atoms with Gasteiger partial charge >= 0.3 is 12.1 Å². The molecule has 1 unspecified atom stereocenters. The largest absolute Gasteiger partial charge is 0.481 e. The summed E-state index contributed by atoms with van der Waals surface area (Å²) in [6, 6.07) is 0. The smallest absolute Gasteiger partial charge is 0.411 e. The molecule has 0 aromatic rings. The van der Waals surface area contributed by atoms with Gasteiger partial charge in [-0.3, -0.25) is 9.59 Å². The predicted octanol–water partition coefficient (Wildman–Crippen LogP) is 1.13. The number of carbonyl (C=O) groups is 2. The predicted molar refractivity (Wildman–Crippen MR) is 58.4 cm³/mol. The summed E-state index contributed by atoms with van der Waals surface area (Å²) in [5.74, 6) is -1.83. The number of carbonyl (C=O) groups excluding carboxylic acids is 1. The number of hydrogen-bond acceptors (Lipinski definition) is 3. The highest BCUT2D eigenvalue weighted by molar-refractivity contribution is 5.78. The van der Waals surface area contributed by atoms with Crippen LogP contribution in [0.15, 0.2) is 0 Å². The molecule has 1 fully saturated rings. The second-order valence-electron chi connectivity index (χ2n) is 4.60. The Kier molecular flexibility index (Phi) is 5.16. The zero-order valence-electron chi connectivity index (χ0n) is 10.4. The summed E-state index contributed by atoms with van der Waals surface area (Å²) < 4.78 is 39.6. The maximum absolute atomic E-state index is 11.8. The molecule has 1 saturated heterocycles. The van der Waals surface area contributed by atoms with Gasteiger partial charge in [-0.1, -0.05) is 6.92 Å². The molecule has 1 atom stereocenters. The van der Waals surface area contributed by atoms with Crippen molar-refractivity contribution < 1.29 is 32.6 Å². The summed E-state index contributed by atoms with van der Waals surface area (Å²) in [6.45, 7) is 0.603. The minimum absolute atomic E-state index is 0.0856. The first-order chi connectivity index (χ1) is 8.70. The van der Waals surface area contributed by atoms with Crippen molar-refractivity contribution in [3.05, 3.63) is 0 Å². The lowest BCUT2D eigenvalue weighted by Crippen LogP contribution is -2.53. The zero-order chi connectivity index (χ0) is 14.6. The molecule has 1 N–H and O–H groups in total. The van der Waals surface area contributed by atoms with Gasteiger partial charge in [0, 0.05) is 19.0 Å². The van der Waals surface area contributed by atoms with Crippen LogP contribution in [-0.2, 0) is 14.3 Å². The average Bonchev–Trinajstić information content (AvgIpc) is 2.20. The van der Waals surface area contributed by atoms with E-state index in [0.717, 1.165) is 0 Å². The van der Waals surface area contributed by atoms with Crippen LogP contribution in [0, 0.1) is 11.8 Å². The van der Waals surface area contributed by atoms with E-state index in [1.54, 1.807) is 6.92 Å². The number of carboxylic acids is 1. The molecule has 8 heteroatoms. The van der Waals surface area contributed by atoms with Crippen molar-refractivity contribution in [2.75, 3.05) is 26.3 Å². The Balaban J connectivity index is 2.15. The van der Waals surface area contributed by atoms with Crippen molar-refractivity contribution >= 4 is 11.9 Å². The van der Waals surface area contributed by atoms with Crippen LogP contribution in [0.2, 0.25) is 0 Å². The minimum Gasteiger partial charge on any atom is -0.481 e. The molecule has 0 spiro atoms. The number of carboxylic acid groups (broad SMARTS) is 1. The SMILES string of the molecule is CC(C(=O)O)C1CN(C(=O)CCOCC(F)(F)F)C1. The number of alkyl halides is 3. The highest BCUT2D eigenvalue weighted by Crippen LogP contribution is 2.24. The van der Waals surface area contributed by atoms with Crippen LogP contribution in [0.5, 0.6) is 0 Å². The molecule has 0 aromatic carbocycles. The molecule has 0 aromatic heterocycles. The summed E-state index contributed by atoms with van der Waals surface area (Å²) in [7, 11) is 0. The minimum atomic E-state index is -4.39. The van der Waals surface area contributed by atoms with E-state index in [0.29, 0.717) is 13.1 Å². The number of halogens is 3. The second kappa shape index (κ2) is 6.23. The third kappa shape index (κ3) is 5.06. The average molecular weight is 283 g/mol. The number of likely N-dealkylation sites (tertiary alicyclic amines) is 1. The second-order valence-corrected chi connectivity index (χ2v) is 4.60. The number of amides is 1. The van der Waals surface area contributed by atoms with Gasteiger partial charge in [-0.15, -0.1) is 0 Å². The van der Waals surface area contributed by atoms with Gasteiger partial charge in [-0.25, -0.2) is 0 Å². The Labute approximate surface area is 108 Å². The number of hydrogen-bond donors (Lipinski definition) is 1. The Morgan fingerprint density at radius 1 is 1.42 bits per heavy atom. The maximum atomic E-state index is 11.8. The molecular formula is C11H16F3NO4. The molecule has 5 nitrogen and oxygen atoms in total. The topological polar surface area (TPSA) is 66.8 Å². The van der Waals surface area contributed by atoms with Crippen molar-refractivity contribution in [3.63, 3.8) is 0 Å². The van der Waals surface area contributed by atoms with E-state index < -0.39 is 24.7 Å². The Bertz CT molecular complexity index is 339. The maximum Gasteiger partial charge on any atom is 0.411 e. The number of ether oxygens (including phenoxy) is 1. The van der Waals surface area contributed by atoms with Gasteiger partial charge in [-0.05, 0) is 0 Å². The van der Waals surface area contributed by atoms with Crippen LogP contribution in [0.1, 0.15) is 13.3 Å². The van der Waals surface area contributed by atoms with E-state index in [2.05, 4.69) is 4.74 Å². The van der Waals surface area contributed by atoms with Crippen LogP contribution >= 0.6 is 0 Å². The molecule has 1 rings (SSSR count). The lowest BCUT2D eigenvalue weighted by molar-refractivity contribution is -0.175. The molecule has 1 heterocycles. The Morgan fingerprint density at radius 3 is 2.47 bits per heavy atom. The van der Waals surface area contributed by atoms with Crippen molar-refractivity contribution in [1.82, 2.24) is 4.90 Å². The van der Waals surface area contributed by atoms with Crippen LogP contribution in [0.3, 0.4) is 0 Å². The van der Waals surface area contributed by atoms with E-state index in [1.807, 2.05) is 0 Å². The van der Waals surface area contributed by atoms with Gasteiger partial charge in [0.25, 0.3) is 0 Å². The van der Waals surface area contributed by atoms with Gasteiger partial charge in [0.1, 0.15) is 6.61 Å². The van der Waals surface area contributed by atoms with Gasteiger partial charge in [0.15, 0.2) is 0 Å². The number of rotatable bonds is 6.